The summed E-state index contributed by atoms with van der Waals surface area (Å²) < 4.78 is 6.62. The molecule has 1 saturated heterocycles. The summed E-state index contributed by atoms with van der Waals surface area (Å²) in [7, 11) is 1.75. The number of ether oxygens (including phenoxy) is 1. The van der Waals surface area contributed by atoms with Crippen molar-refractivity contribution in [1.29, 1.82) is 0 Å². The normalized spacial score (nSPS) is 19.5. The van der Waals surface area contributed by atoms with Crippen LogP contribution in [0.2, 0.25) is 0 Å². The summed E-state index contributed by atoms with van der Waals surface area (Å²) in [5, 5.41) is 3.55. The Kier molecular flexibility index (Phi) is 4.68. The Morgan fingerprint density at radius 1 is 1.44 bits per heavy atom. The van der Waals surface area contributed by atoms with Crippen LogP contribution < -0.4 is 10.1 Å². The molecule has 2 nitrogen and oxygen atoms in total. The van der Waals surface area contributed by atoms with Crippen LogP contribution in [0, 0.1) is 0 Å². The van der Waals surface area contributed by atoms with Crippen LogP contribution >= 0.6 is 15.9 Å². The van der Waals surface area contributed by atoms with Gasteiger partial charge in [-0.05, 0) is 64.8 Å². The summed E-state index contributed by atoms with van der Waals surface area (Å²) in [5.41, 5.74) is 2.69. The van der Waals surface area contributed by atoms with E-state index in [4.69, 9.17) is 4.74 Å². The van der Waals surface area contributed by atoms with Crippen molar-refractivity contribution < 1.29 is 4.74 Å². The molecule has 0 aromatic heterocycles. The Hall–Kier alpha value is -0.540. The zero-order valence-corrected chi connectivity index (χ0v) is 13.0. The molecule has 18 heavy (non-hydrogen) atoms. The lowest BCUT2D eigenvalue weighted by Crippen LogP contribution is -2.24. The molecule has 0 aliphatic carbocycles. The lowest BCUT2D eigenvalue weighted by molar-refractivity contribution is 0.404. The Morgan fingerprint density at radius 2 is 2.22 bits per heavy atom. The molecular formula is C15H22BrNO. The maximum absolute atomic E-state index is 5.55. The first-order valence-electron chi connectivity index (χ1n) is 6.71. The third kappa shape index (κ3) is 3.07. The Morgan fingerprint density at radius 3 is 2.78 bits per heavy atom. The van der Waals surface area contributed by atoms with E-state index < -0.39 is 0 Å². The standard InChI is InChI=1S/C15H22BrNO/c1-10(2)11-7-12(8-13-5-4-6-17-13)15(18-3)14(16)9-11/h7,9-10,13,17H,4-6,8H2,1-3H3. The fourth-order valence-corrected chi connectivity index (χ4v) is 3.26. The zero-order valence-electron chi connectivity index (χ0n) is 11.4. The van der Waals surface area contributed by atoms with Crippen molar-refractivity contribution in [2.75, 3.05) is 13.7 Å². The summed E-state index contributed by atoms with van der Waals surface area (Å²) in [5.74, 6) is 1.54. The smallest absolute Gasteiger partial charge is 0.136 e. The first-order valence-corrected chi connectivity index (χ1v) is 7.50. The number of methoxy groups -OCH3 is 1. The van der Waals surface area contributed by atoms with Crippen LogP contribution in [0.25, 0.3) is 0 Å². The monoisotopic (exact) mass is 311 g/mol. The first-order chi connectivity index (χ1) is 8.61. The number of halogens is 1. The van der Waals surface area contributed by atoms with Gasteiger partial charge in [0.25, 0.3) is 0 Å². The van der Waals surface area contributed by atoms with Crippen LogP contribution in [0.5, 0.6) is 5.75 Å². The van der Waals surface area contributed by atoms with Crippen LogP contribution in [0.4, 0.5) is 0 Å². The third-order valence-corrected chi connectivity index (χ3v) is 4.23. The van der Waals surface area contributed by atoms with Crippen molar-refractivity contribution in [2.45, 2.75) is 45.1 Å². The van der Waals surface area contributed by atoms with Gasteiger partial charge in [-0.25, -0.2) is 0 Å². The third-order valence-electron chi connectivity index (χ3n) is 3.64. The minimum absolute atomic E-state index is 0.544. The largest absolute Gasteiger partial charge is 0.495 e. The van der Waals surface area contributed by atoms with Crippen molar-refractivity contribution >= 4 is 15.9 Å². The van der Waals surface area contributed by atoms with E-state index in [2.05, 4.69) is 47.2 Å². The molecule has 1 N–H and O–H groups in total. The lowest BCUT2D eigenvalue weighted by atomic mass is 9.96. The molecule has 0 bridgehead atoms. The average Bonchev–Trinajstić information content (AvgIpc) is 2.81. The van der Waals surface area contributed by atoms with Crippen LogP contribution in [0.3, 0.4) is 0 Å². The number of benzene rings is 1. The van der Waals surface area contributed by atoms with Gasteiger partial charge in [0.1, 0.15) is 5.75 Å². The second-order valence-electron chi connectivity index (χ2n) is 5.35. The summed E-state index contributed by atoms with van der Waals surface area (Å²) in [4.78, 5) is 0. The van der Waals surface area contributed by atoms with Gasteiger partial charge in [0.15, 0.2) is 0 Å². The number of nitrogens with one attached hydrogen (secondary N) is 1. The van der Waals surface area contributed by atoms with Crippen molar-refractivity contribution in [3.8, 4) is 5.75 Å². The highest BCUT2D eigenvalue weighted by Crippen LogP contribution is 2.34. The summed E-state index contributed by atoms with van der Waals surface area (Å²) >= 11 is 3.63. The summed E-state index contributed by atoms with van der Waals surface area (Å²) in [6, 6.07) is 5.08. The Labute approximate surface area is 118 Å². The van der Waals surface area contributed by atoms with E-state index in [9.17, 15) is 0 Å². The highest BCUT2D eigenvalue weighted by Gasteiger charge is 2.19. The van der Waals surface area contributed by atoms with E-state index in [0.29, 0.717) is 12.0 Å². The van der Waals surface area contributed by atoms with Gasteiger partial charge in [-0.2, -0.15) is 0 Å². The Balaban J connectivity index is 2.29. The minimum atomic E-state index is 0.544. The molecule has 3 heteroatoms. The number of hydrogen-bond acceptors (Lipinski definition) is 2. The van der Waals surface area contributed by atoms with E-state index in [1.807, 2.05) is 0 Å². The fourth-order valence-electron chi connectivity index (χ4n) is 2.58. The van der Waals surface area contributed by atoms with Crippen molar-refractivity contribution in [1.82, 2.24) is 5.32 Å². The molecule has 1 aliphatic heterocycles. The van der Waals surface area contributed by atoms with Crippen molar-refractivity contribution in [2.24, 2.45) is 0 Å². The predicted molar refractivity (Wildman–Crippen MR) is 79.5 cm³/mol. The topological polar surface area (TPSA) is 21.3 Å². The van der Waals surface area contributed by atoms with Crippen LogP contribution in [-0.2, 0) is 6.42 Å². The lowest BCUT2D eigenvalue weighted by Gasteiger charge is -2.17. The molecule has 0 spiro atoms. The molecular weight excluding hydrogens is 290 g/mol. The molecule has 0 saturated carbocycles. The van der Waals surface area contributed by atoms with E-state index in [0.717, 1.165) is 23.2 Å². The predicted octanol–water partition coefficient (Wildman–Crippen LogP) is 3.88. The second-order valence-corrected chi connectivity index (χ2v) is 6.20. The number of rotatable bonds is 4. The highest BCUT2D eigenvalue weighted by atomic mass is 79.9. The van der Waals surface area contributed by atoms with Gasteiger partial charge in [0.2, 0.25) is 0 Å². The van der Waals surface area contributed by atoms with Crippen LogP contribution in [0.15, 0.2) is 16.6 Å². The van der Waals surface area contributed by atoms with Gasteiger partial charge in [-0.15, -0.1) is 0 Å². The number of hydrogen-bond donors (Lipinski definition) is 1. The molecule has 1 aliphatic rings. The average molecular weight is 312 g/mol. The fraction of sp³-hybridized carbons (Fsp3) is 0.600. The maximum atomic E-state index is 5.55. The van der Waals surface area contributed by atoms with Gasteiger partial charge in [-0.3, -0.25) is 0 Å². The highest BCUT2D eigenvalue weighted by molar-refractivity contribution is 9.10. The van der Waals surface area contributed by atoms with Crippen molar-refractivity contribution in [3.63, 3.8) is 0 Å². The van der Waals surface area contributed by atoms with Gasteiger partial charge in [0.05, 0.1) is 11.6 Å². The zero-order chi connectivity index (χ0) is 13.1. The molecule has 1 unspecified atom stereocenters. The van der Waals surface area contributed by atoms with Gasteiger partial charge >= 0.3 is 0 Å². The van der Waals surface area contributed by atoms with Gasteiger partial charge in [-0.1, -0.05) is 19.9 Å². The molecule has 1 aromatic rings. The van der Waals surface area contributed by atoms with Crippen LogP contribution in [0.1, 0.15) is 43.7 Å². The Bertz CT molecular complexity index is 411. The summed E-state index contributed by atoms with van der Waals surface area (Å²) in [6.45, 7) is 5.61. The van der Waals surface area contributed by atoms with E-state index in [-0.39, 0.29) is 0 Å². The van der Waals surface area contributed by atoms with E-state index in [1.54, 1.807) is 7.11 Å². The second kappa shape index (κ2) is 6.07. The summed E-state index contributed by atoms with van der Waals surface area (Å²) in [6.07, 6.45) is 3.62. The van der Waals surface area contributed by atoms with E-state index in [1.165, 1.54) is 24.0 Å². The maximum Gasteiger partial charge on any atom is 0.136 e. The van der Waals surface area contributed by atoms with Gasteiger partial charge in [0, 0.05) is 6.04 Å². The van der Waals surface area contributed by atoms with Gasteiger partial charge < -0.3 is 10.1 Å². The molecule has 1 heterocycles. The van der Waals surface area contributed by atoms with Crippen molar-refractivity contribution in [3.05, 3.63) is 27.7 Å². The van der Waals surface area contributed by atoms with Crippen LogP contribution in [-0.4, -0.2) is 19.7 Å². The molecule has 1 aromatic carbocycles. The molecule has 0 amide bonds. The molecule has 100 valence electrons. The van der Waals surface area contributed by atoms with E-state index >= 15 is 0 Å². The molecule has 2 rings (SSSR count). The minimum Gasteiger partial charge on any atom is -0.495 e. The molecule has 0 radical (unpaired) electrons. The molecule has 1 fully saturated rings. The first kappa shape index (κ1) is 13.9. The quantitative estimate of drug-likeness (QED) is 0.911. The SMILES string of the molecule is COc1c(Br)cc(C(C)C)cc1CC1CCCN1. The molecule has 1 atom stereocenters.